The second kappa shape index (κ2) is 76.6. The van der Waals surface area contributed by atoms with Gasteiger partial charge in [0.05, 0.1) is 27.7 Å². The second-order valence-corrected chi connectivity index (χ2v) is 30.9. The predicted molar refractivity (Wildman–Crippen MR) is 418 cm³/mol. The monoisotopic (exact) mass is 1370 g/mol. The SMILES string of the molecule is CC/C=C\C/C=C\C/C=C\C/C=C\CCCCCCCCCCCCCCCCCCCCCCCCCCCCC(=O)OC(COC(=O)CCCCCCCCCCCCCCCCCCCCCCC/C=C\C/C=C\CCCCCCC)COP(=O)(O)OCC[N+](C)(C)C. The number of carbonyl (C=O) groups is 2. The number of unbranched alkanes of at least 4 members (excludes halogenated alkanes) is 52. The Morgan fingerprint density at radius 2 is 0.594 bits per heavy atom. The number of likely N-dealkylation sites (N-methyl/N-ethyl adjacent to an activating group) is 1. The first-order chi connectivity index (χ1) is 47.0. The number of rotatable bonds is 78. The van der Waals surface area contributed by atoms with Gasteiger partial charge in [0.15, 0.2) is 6.10 Å². The van der Waals surface area contributed by atoms with Crippen LogP contribution in [-0.4, -0.2) is 74.9 Å². The Labute approximate surface area is 597 Å². The van der Waals surface area contributed by atoms with Crippen molar-refractivity contribution in [2.45, 2.75) is 418 Å². The smallest absolute Gasteiger partial charge is 0.462 e. The summed E-state index contributed by atoms with van der Waals surface area (Å²) in [6, 6.07) is 0. The molecule has 96 heavy (non-hydrogen) atoms. The number of esters is 2. The number of nitrogens with zero attached hydrogens (tertiary/aromatic N) is 1. The van der Waals surface area contributed by atoms with Gasteiger partial charge in [0.2, 0.25) is 0 Å². The van der Waals surface area contributed by atoms with Crippen LogP contribution in [0.25, 0.3) is 0 Å². The van der Waals surface area contributed by atoms with E-state index in [4.69, 9.17) is 18.5 Å². The van der Waals surface area contributed by atoms with E-state index >= 15 is 0 Å². The Morgan fingerprint density at radius 1 is 0.333 bits per heavy atom. The van der Waals surface area contributed by atoms with E-state index in [1.54, 1.807) is 0 Å². The summed E-state index contributed by atoms with van der Waals surface area (Å²) in [4.78, 5) is 36.0. The fourth-order valence-electron chi connectivity index (χ4n) is 12.4. The Hall–Kier alpha value is -2.55. The van der Waals surface area contributed by atoms with Crippen LogP contribution in [0.2, 0.25) is 0 Å². The van der Waals surface area contributed by atoms with Crippen molar-refractivity contribution in [2.75, 3.05) is 47.5 Å². The van der Waals surface area contributed by atoms with Crippen molar-refractivity contribution < 1.29 is 42.1 Å². The lowest BCUT2D eigenvalue weighted by molar-refractivity contribution is -0.870. The average molecular weight is 1370 g/mol. The molecule has 2 atom stereocenters. The Kier molecular flexibility index (Phi) is 74.6. The predicted octanol–water partition coefficient (Wildman–Crippen LogP) is 27.8. The van der Waals surface area contributed by atoms with E-state index in [1.165, 1.54) is 315 Å². The highest BCUT2D eigenvalue weighted by Gasteiger charge is 2.27. The van der Waals surface area contributed by atoms with Crippen LogP contribution in [-0.2, 0) is 32.7 Å². The Bertz CT molecular complexity index is 1850. The molecular formula is C86H161NO8P+. The molecule has 0 aliphatic carbocycles. The molecule has 2 unspecified atom stereocenters. The molecule has 0 heterocycles. The van der Waals surface area contributed by atoms with E-state index in [0.29, 0.717) is 23.9 Å². The molecule has 0 fully saturated rings. The molecule has 0 aromatic heterocycles. The first-order valence-electron chi connectivity index (χ1n) is 41.7. The number of quaternary nitrogens is 1. The fraction of sp³-hybridized carbons (Fsp3) is 0.837. The summed E-state index contributed by atoms with van der Waals surface area (Å²) in [5, 5.41) is 0. The van der Waals surface area contributed by atoms with Gasteiger partial charge in [-0.3, -0.25) is 18.6 Å². The van der Waals surface area contributed by atoms with Gasteiger partial charge in [0, 0.05) is 12.8 Å². The van der Waals surface area contributed by atoms with Gasteiger partial charge >= 0.3 is 19.8 Å². The number of ether oxygens (including phenoxy) is 2. The molecule has 1 N–H and O–H groups in total. The van der Waals surface area contributed by atoms with Crippen LogP contribution in [0.4, 0.5) is 0 Å². The van der Waals surface area contributed by atoms with Crippen LogP contribution in [0.15, 0.2) is 72.9 Å². The fourth-order valence-corrected chi connectivity index (χ4v) is 13.1. The summed E-state index contributed by atoms with van der Waals surface area (Å²) < 4.78 is 34.9. The first kappa shape index (κ1) is 93.5. The molecule has 0 aromatic carbocycles. The summed E-state index contributed by atoms with van der Waals surface area (Å²) in [7, 11) is 1.50. The number of phosphoric ester groups is 1. The normalized spacial score (nSPS) is 13.4. The van der Waals surface area contributed by atoms with Crippen molar-refractivity contribution in [3.05, 3.63) is 72.9 Å². The maximum atomic E-state index is 12.9. The highest BCUT2D eigenvalue weighted by molar-refractivity contribution is 7.47. The zero-order valence-corrected chi connectivity index (χ0v) is 65.3. The number of phosphoric acid groups is 1. The Morgan fingerprint density at radius 3 is 0.885 bits per heavy atom. The molecule has 0 saturated carbocycles. The highest BCUT2D eigenvalue weighted by atomic mass is 31.2. The van der Waals surface area contributed by atoms with Gasteiger partial charge in [-0.05, 0) is 83.5 Å². The minimum Gasteiger partial charge on any atom is -0.462 e. The number of hydrogen-bond acceptors (Lipinski definition) is 7. The minimum atomic E-state index is -4.40. The van der Waals surface area contributed by atoms with Crippen LogP contribution in [0.3, 0.4) is 0 Å². The third-order valence-corrected chi connectivity index (χ3v) is 19.7. The van der Waals surface area contributed by atoms with E-state index in [2.05, 4.69) is 86.8 Å². The van der Waals surface area contributed by atoms with Crippen molar-refractivity contribution >= 4 is 19.8 Å². The zero-order valence-electron chi connectivity index (χ0n) is 64.4. The highest BCUT2D eigenvalue weighted by Crippen LogP contribution is 2.43. The Balaban J connectivity index is 3.88. The number of allylic oxidation sites excluding steroid dienone is 12. The lowest BCUT2D eigenvalue weighted by atomic mass is 10.0. The molecule has 0 amide bonds. The van der Waals surface area contributed by atoms with Crippen molar-refractivity contribution in [3.63, 3.8) is 0 Å². The van der Waals surface area contributed by atoms with Crippen LogP contribution >= 0.6 is 7.82 Å². The topological polar surface area (TPSA) is 108 Å². The summed E-state index contributed by atoms with van der Waals surface area (Å²) in [5.41, 5.74) is 0. The quantitative estimate of drug-likeness (QED) is 0.0211. The van der Waals surface area contributed by atoms with E-state index in [0.717, 1.165) is 64.2 Å². The van der Waals surface area contributed by atoms with E-state index in [1.807, 2.05) is 21.1 Å². The molecule has 0 aliphatic heterocycles. The molecular weight excluding hydrogens is 1210 g/mol. The zero-order chi connectivity index (χ0) is 69.7. The van der Waals surface area contributed by atoms with Crippen LogP contribution in [0.1, 0.15) is 412 Å². The van der Waals surface area contributed by atoms with Gasteiger partial charge in [0.25, 0.3) is 0 Å². The minimum absolute atomic E-state index is 0.0340. The molecule has 0 saturated heterocycles. The lowest BCUT2D eigenvalue weighted by Crippen LogP contribution is -2.37. The summed E-state index contributed by atoms with van der Waals surface area (Å²) in [5.74, 6) is -0.773. The number of hydrogen-bond donors (Lipinski definition) is 1. The molecule has 0 aliphatic rings. The van der Waals surface area contributed by atoms with Crippen molar-refractivity contribution in [1.29, 1.82) is 0 Å². The van der Waals surface area contributed by atoms with Crippen molar-refractivity contribution in [2.24, 2.45) is 0 Å². The van der Waals surface area contributed by atoms with E-state index in [9.17, 15) is 19.0 Å². The maximum Gasteiger partial charge on any atom is 0.472 e. The van der Waals surface area contributed by atoms with Gasteiger partial charge in [-0.25, -0.2) is 4.57 Å². The van der Waals surface area contributed by atoms with Crippen molar-refractivity contribution in [1.82, 2.24) is 0 Å². The van der Waals surface area contributed by atoms with Gasteiger partial charge in [0.1, 0.15) is 19.8 Å². The van der Waals surface area contributed by atoms with Gasteiger partial charge in [-0.1, -0.05) is 389 Å². The van der Waals surface area contributed by atoms with Crippen LogP contribution < -0.4 is 0 Å². The largest absolute Gasteiger partial charge is 0.472 e. The lowest BCUT2D eigenvalue weighted by Gasteiger charge is -2.24. The third-order valence-electron chi connectivity index (χ3n) is 18.7. The molecule has 0 radical (unpaired) electrons. The van der Waals surface area contributed by atoms with Crippen LogP contribution in [0.5, 0.6) is 0 Å². The molecule has 0 aromatic rings. The standard InChI is InChI=1S/C86H160NO8P/c1-6-8-10-12-14-16-18-20-22-24-26-28-30-32-34-36-38-40-41-42-43-44-45-47-49-51-53-55-57-59-61-63-65-67-69-71-73-75-77-79-86(89)95-84(83-94-96(90,91)93-81-80-87(3,4)5)82-92-85(88)78-76-74-72-70-68-66-64-62-60-58-56-54-52-50-48-46-39-37-35-33-31-29-27-25-23-21-19-17-15-13-11-9-7-2/h8,10,14,16,19-22,25-28,84H,6-7,9,11-13,15,17-18,23-24,29-83H2,1-5H3/p+1/b10-8-,16-14-,21-19-,22-20-,27-25-,28-26-. The van der Waals surface area contributed by atoms with Gasteiger partial charge < -0.3 is 18.9 Å². The summed E-state index contributed by atoms with van der Waals surface area (Å²) in [6.07, 6.45) is 105. The third kappa shape index (κ3) is 80.4. The van der Waals surface area contributed by atoms with Gasteiger partial charge in [-0.15, -0.1) is 0 Å². The number of carbonyl (C=O) groups excluding carboxylic acids is 2. The van der Waals surface area contributed by atoms with E-state index in [-0.39, 0.29) is 25.6 Å². The summed E-state index contributed by atoms with van der Waals surface area (Å²) in [6.45, 7) is 4.38. The van der Waals surface area contributed by atoms with E-state index < -0.39 is 26.5 Å². The maximum absolute atomic E-state index is 12.9. The average Bonchev–Trinajstić information content (AvgIpc) is 1.98. The molecule has 0 bridgehead atoms. The molecule has 0 rings (SSSR count). The second-order valence-electron chi connectivity index (χ2n) is 29.5. The summed E-state index contributed by atoms with van der Waals surface area (Å²) >= 11 is 0. The van der Waals surface area contributed by atoms with Crippen LogP contribution in [0, 0.1) is 0 Å². The molecule has 10 heteroatoms. The molecule has 0 spiro atoms. The molecule has 9 nitrogen and oxygen atoms in total. The first-order valence-corrected chi connectivity index (χ1v) is 43.2. The molecule has 562 valence electrons. The van der Waals surface area contributed by atoms with Crippen molar-refractivity contribution in [3.8, 4) is 0 Å². The van der Waals surface area contributed by atoms with Gasteiger partial charge in [-0.2, -0.15) is 0 Å².